The maximum absolute atomic E-state index is 14.2. The van der Waals surface area contributed by atoms with Gasteiger partial charge < -0.3 is 9.64 Å². The van der Waals surface area contributed by atoms with E-state index in [1.165, 1.54) is 12.1 Å². The number of rotatable bonds is 11. The summed E-state index contributed by atoms with van der Waals surface area (Å²) in [5, 5.41) is 8.06. The Bertz CT molecular complexity index is 1490. The van der Waals surface area contributed by atoms with Gasteiger partial charge in [0, 0.05) is 19.5 Å². The number of aromatic amines is 1. The number of likely N-dealkylation sites (N-methyl/N-ethyl adjacent to an activating group) is 1. The van der Waals surface area contributed by atoms with Crippen molar-refractivity contribution in [2.45, 2.75) is 32.6 Å². The number of benzene rings is 3. The summed E-state index contributed by atoms with van der Waals surface area (Å²) < 4.78 is 33.9. The summed E-state index contributed by atoms with van der Waals surface area (Å²) >= 11 is 0. The molecule has 0 unspecified atom stereocenters. The van der Waals surface area contributed by atoms with Crippen molar-refractivity contribution in [3.05, 3.63) is 107 Å². The molecule has 1 N–H and O–H groups in total. The summed E-state index contributed by atoms with van der Waals surface area (Å²) in [4.78, 5) is 13.1. The average Bonchev–Trinajstić information content (AvgIpc) is 3.41. The van der Waals surface area contributed by atoms with E-state index in [9.17, 15) is 13.6 Å². The van der Waals surface area contributed by atoms with E-state index in [1.54, 1.807) is 37.3 Å². The van der Waals surface area contributed by atoms with Crippen LogP contribution in [0.15, 0.2) is 79.0 Å². The van der Waals surface area contributed by atoms with Crippen LogP contribution >= 0.6 is 0 Å². The number of allylic oxidation sites excluding steroid dienone is 2. The van der Waals surface area contributed by atoms with Crippen LogP contribution in [-0.4, -0.2) is 41.7 Å². The molecule has 1 aromatic heterocycles. The summed E-state index contributed by atoms with van der Waals surface area (Å²) in [6.07, 6.45) is 8.50. The molecule has 202 valence electrons. The monoisotopic (exact) mass is 529 g/mol. The Hall–Kier alpha value is -4.26. The normalized spacial score (nSPS) is 12.1. The summed E-state index contributed by atoms with van der Waals surface area (Å²) in [7, 11) is 3.46. The Labute approximate surface area is 227 Å². The number of aromatic nitrogens is 2. The Morgan fingerprint density at radius 2 is 1.69 bits per heavy atom. The van der Waals surface area contributed by atoms with E-state index in [1.807, 2.05) is 49.4 Å². The second-order valence-corrected chi connectivity index (χ2v) is 9.51. The first-order valence-corrected chi connectivity index (χ1v) is 13.1. The number of fused-ring (bicyclic) bond motifs is 1. The fourth-order valence-electron chi connectivity index (χ4n) is 4.43. The third-order valence-corrected chi connectivity index (χ3v) is 6.53. The first-order valence-electron chi connectivity index (χ1n) is 13.1. The summed E-state index contributed by atoms with van der Waals surface area (Å²) in [6.45, 7) is 2.58. The van der Waals surface area contributed by atoms with Crippen molar-refractivity contribution < 1.29 is 18.3 Å². The molecule has 0 aliphatic carbocycles. The second kappa shape index (κ2) is 13.0. The predicted molar refractivity (Wildman–Crippen MR) is 152 cm³/mol. The highest BCUT2D eigenvalue weighted by Gasteiger charge is 2.16. The standard InChI is InChI=1S/C32H33F2N3O2/c1-4-27(23-12-16-28(33)29(34)20-23)32(24-13-17-30-25(19-24)21-35-36-30)22-10-14-26(15-11-22)39-18-8-6-5-7-9-31(38)37(2)3/h7,9-17,19-21H,4-6,8,18H2,1-3H3,(H,35,36)/b9-7+,32-27+. The number of hydrogen-bond acceptors (Lipinski definition) is 3. The highest BCUT2D eigenvalue weighted by molar-refractivity contribution is 6.00. The van der Waals surface area contributed by atoms with Crippen LogP contribution in [0.25, 0.3) is 22.0 Å². The van der Waals surface area contributed by atoms with Gasteiger partial charge in [-0.3, -0.25) is 9.89 Å². The van der Waals surface area contributed by atoms with E-state index in [0.29, 0.717) is 18.6 Å². The minimum atomic E-state index is -0.869. The van der Waals surface area contributed by atoms with E-state index < -0.39 is 11.6 Å². The average molecular weight is 530 g/mol. The van der Waals surface area contributed by atoms with Crippen molar-refractivity contribution >= 4 is 28.0 Å². The molecule has 1 amide bonds. The van der Waals surface area contributed by atoms with Gasteiger partial charge in [-0.25, -0.2) is 8.78 Å². The number of unbranched alkanes of at least 4 members (excludes halogenated alkanes) is 2. The molecule has 3 aromatic carbocycles. The maximum atomic E-state index is 14.2. The Balaban J connectivity index is 1.55. The molecule has 5 nitrogen and oxygen atoms in total. The summed E-state index contributed by atoms with van der Waals surface area (Å²) in [6, 6.07) is 17.9. The molecule has 7 heteroatoms. The zero-order chi connectivity index (χ0) is 27.8. The molecule has 4 aromatic rings. The van der Waals surface area contributed by atoms with Crippen LogP contribution in [-0.2, 0) is 4.79 Å². The van der Waals surface area contributed by atoms with Gasteiger partial charge >= 0.3 is 0 Å². The quantitative estimate of drug-likeness (QED) is 0.125. The molecular weight excluding hydrogens is 496 g/mol. The molecule has 0 radical (unpaired) electrons. The van der Waals surface area contributed by atoms with Gasteiger partial charge in [-0.05, 0) is 96.0 Å². The molecule has 0 saturated heterocycles. The van der Waals surface area contributed by atoms with E-state index in [0.717, 1.165) is 58.2 Å². The van der Waals surface area contributed by atoms with Crippen molar-refractivity contribution in [3.63, 3.8) is 0 Å². The molecule has 0 aliphatic heterocycles. The van der Waals surface area contributed by atoms with Crippen molar-refractivity contribution in [1.29, 1.82) is 0 Å². The Kier molecular flexibility index (Phi) is 9.26. The van der Waals surface area contributed by atoms with E-state index >= 15 is 0 Å². The molecule has 1 heterocycles. The minimum Gasteiger partial charge on any atom is -0.494 e. The number of ether oxygens (including phenoxy) is 1. The van der Waals surface area contributed by atoms with Crippen molar-refractivity contribution in [2.75, 3.05) is 20.7 Å². The van der Waals surface area contributed by atoms with Gasteiger partial charge in [0.25, 0.3) is 0 Å². The van der Waals surface area contributed by atoms with Crippen molar-refractivity contribution in [3.8, 4) is 5.75 Å². The second-order valence-electron chi connectivity index (χ2n) is 9.51. The molecule has 4 rings (SSSR count). The molecular formula is C32H33F2N3O2. The fraction of sp³-hybridized carbons (Fsp3) is 0.250. The summed E-state index contributed by atoms with van der Waals surface area (Å²) in [5.41, 5.74) is 5.32. The Morgan fingerprint density at radius 3 is 2.41 bits per heavy atom. The first-order chi connectivity index (χ1) is 18.9. The lowest BCUT2D eigenvalue weighted by molar-refractivity contribution is -0.123. The predicted octanol–water partition coefficient (Wildman–Crippen LogP) is 7.40. The van der Waals surface area contributed by atoms with Gasteiger partial charge in [0.15, 0.2) is 11.6 Å². The van der Waals surface area contributed by atoms with Gasteiger partial charge in [0.05, 0.1) is 18.3 Å². The van der Waals surface area contributed by atoms with Crippen LogP contribution < -0.4 is 4.74 Å². The first kappa shape index (κ1) is 27.8. The lowest BCUT2D eigenvalue weighted by atomic mass is 9.88. The lowest BCUT2D eigenvalue weighted by Crippen LogP contribution is -2.18. The van der Waals surface area contributed by atoms with Crippen LogP contribution in [0.2, 0.25) is 0 Å². The van der Waals surface area contributed by atoms with Crippen LogP contribution in [0, 0.1) is 11.6 Å². The van der Waals surface area contributed by atoms with Gasteiger partial charge in [-0.2, -0.15) is 5.10 Å². The number of halogens is 2. The van der Waals surface area contributed by atoms with E-state index in [2.05, 4.69) is 16.3 Å². The third kappa shape index (κ3) is 6.99. The van der Waals surface area contributed by atoms with Crippen LogP contribution in [0.4, 0.5) is 8.78 Å². The van der Waals surface area contributed by atoms with E-state index in [-0.39, 0.29) is 5.91 Å². The number of carbonyl (C=O) groups excluding carboxylic acids is 1. The molecule has 39 heavy (non-hydrogen) atoms. The third-order valence-electron chi connectivity index (χ3n) is 6.53. The zero-order valence-electron chi connectivity index (χ0n) is 22.5. The lowest BCUT2D eigenvalue weighted by Gasteiger charge is -2.17. The van der Waals surface area contributed by atoms with Crippen LogP contribution in [0.1, 0.15) is 49.3 Å². The largest absolute Gasteiger partial charge is 0.494 e. The number of amides is 1. The molecule has 0 bridgehead atoms. The smallest absolute Gasteiger partial charge is 0.245 e. The van der Waals surface area contributed by atoms with Crippen LogP contribution in [0.5, 0.6) is 5.75 Å². The van der Waals surface area contributed by atoms with Gasteiger partial charge in [0.2, 0.25) is 5.91 Å². The van der Waals surface area contributed by atoms with Gasteiger partial charge in [0.1, 0.15) is 5.75 Å². The number of nitrogens with zero attached hydrogens (tertiary/aromatic N) is 2. The molecule has 0 atom stereocenters. The fourth-order valence-corrected chi connectivity index (χ4v) is 4.43. The highest BCUT2D eigenvalue weighted by atomic mass is 19.2. The maximum Gasteiger partial charge on any atom is 0.245 e. The van der Waals surface area contributed by atoms with Crippen molar-refractivity contribution in [1.82, 2.24) is 15.1 Å². The molecule has 0 saturated carbocycles. The molecule has 0 spiro atoms. The number of hydrogen-bond donors (Lipinski definition) is 1. The van der Waals surface area contributed by atoms with E-state index in [4.69, 9.17) is 4.74 Å². The molecule has 0 fully saturated rings. The van der Waals surface area contributed by atoms with Gasteiger partial charge in [-0.1, -0.05) is 37.3 Å². The number of nitrogens with one attached hydrogen (secondary N) is 1. The van der Waals surface area contributed by atoms with Crippen molar-refractivity contribution in [2.24, 2.45) is 0 Å². The van der Waals surface area contributed by atoms with Gasteiger partial charge in [-0.15, -0.1) is 0 Å². The number of H-pyrrole nitrogens is 1. The topological polar surface area (TPSA) is 58.2 Å². The zero-order valence-corrected chi connectivity index (χ0v) is 22.5. The number of carbonyl (C=O) groups is 1. The minimum absolute atomic E-state index is 0.0137. The Morgan fingerprint density at radius 1 is 0.949 bits per heavy atom. The molecule has 0 aliphatic rings. The van der Waals surface area contributed by atoms with Crippen LogP contribution in [0.3, 0.4) is 0 Å². The highest BCUT2D eigenvalue weighted by Crippen LogP contribution is 2.36. The SMILES string of the molecule is CC/C(=C(/c1ccc(OCCCC/C=C/C(=O)N(C)C)cc1)c1ccc2[nH]ncc2c1)c1ccc(F)c(F)c1. The summed E-state index contributed by atoms with van der Waals surface area (Å²) in [5.74, 6) is -0.991.